The summed E-state index contributed by atoms with van der Waals surface area (Å²) in [6, 6.07) is 0.489. The lowest BCUT2D eigenvalue weighted by Crippen LogP contribution is -2.32. The summed E-state index contributed by atoms with van der Waals surface area (Å²) in [5.41, 5.74) is 3.98. The second-order valence-corrected chi connectivity index (χ2v) is 6.44. The number of rotatable bonds is 5. The van der Waals surface area contributed by atoms with Crippen LogP contribution in [0.4, 0.5) is 0 Å². The Morgan fingerprint density at radius 1 is 1.30 bits per heavy atom. The van der Waals surface area contributed by atoms with Crippen molar-refractivity contribution in [1.29, 1.82) is 0 Å². The van der Waals surface area contributed by atoms with E-state index in [0.717, 1.165) is 18.4 Å². The summed E-state index contributed by atoms with van der Waals surface area (Å²) in [6.07, 6.45) is 6.89. The molecule has 0 bridgehead atoms. The predicted octanol–water partition coefficient (Wildman–Crippen LogP) is 3.90. The summed E-state index contributed by atoms with van der Waals surface area (Å²) in [5, 5.41) is 8.38. The fourth-order valence-electron chi connectivity index (χ4n) is 3.97. The van der Waals surface area contributed by atoms with Gasteiger partial charge in [-0.2, -0.15) is 5.10 Å². The van der Waals surface area contributed by atoms with E-state index < -0.39 is 0 Å². The molecule has 1 saturated carbocycles. The van der Waals surface area contributed by atoms with Crippen molar-refractivity contribution in [1.82, 2.24) is 15.1 Å². The van der Waals surface area contributed by atoms with Gasteiger partial charge in [-0.15, -0.1) is 0 Å². The normalized spacial score (nSPS) is 24.9. The topological polar surface area (TPSA) is 29.9 Å². The van der Waals surface area contributed by atoms with Crippen LogP contribution in [0.5, 0.6) is 0 Å². The molecule has 1 aromatic heterocycles. The maximum absolute atomic E-state index is 4.62. The first-order chi connectivity index (χ1) is 9.58. The molecule has 1 N–H and O–H groups in total. The molecule has 1 aliphatic carbocycles. The van der Waals surface area contributed by atoms with Gasteiger partial charge in [0.1, 0.15) is 0 Å². The lowest BCUT2D eigenvalue weighted by atomic mass is 9.75. The number of nitrogens with zero attached hydrogens (tertiary/aromatic N) is 2. The van der Waals surface area contributed by atoms with Crippen LogP contribution < -0.4 is 5.32 Å². The summed E-state index contributed by atoms with van der Waals surface area (Å²) >= 11 is 0. The lowest BCUT2D eigenvalue weighted by molar-refractivity contribution is 0.210. The van der Waals surface area contributed by atoms with Crippen LogP contribution in [0.2, 0.25) is 0 Å². The Bertz CT molecular complexity index is 436. The van der Waals surface area contributed by atoms with Gasteiger partial charge in [0, 0.05) is 24.3 Å². The monoisotopic (exact) mass is 277 g/mol. The van der Waals surface area contributed by atoms with E-state index in [4.69, 9.17) is 0 Å². The van der Waals surface area contributed by atoms with Gasteiger partial charge in [-0.1, -0.05) is 33.1 Å². The minimum atomic E-state index is 0.489. The molecule has 0 aliphatic heterocycles. The van der Waals surface area contributed by atoms with Crippen LogP contribution in [0.3, 0.4) is 0 Å². The van der Waals surface area contributed by atoms with Gasteiger partial charge in [0.2, 0.25) is 0 Å². The molecule has 3 unspecified atom stereocenters. The van der Waals surface area contributed by atoms with Crippen LogP contribution in [-0.2, 0) is 7.05 Å². The first-order valence-corrected chi connectivity index (χ1v) is 8.31. The van der Waals surface area contributed by atoms with Gasteiger partial charge in [0.15, 0.2) is 0 Å². The van der Waals surface area contributed by atoms with Crippen LogP contribution in [0, 0.1) is 25.7 Å². The Balaban J connectivity index is 2.26. The molecule has 114 valence electrons. The predicted molar refractivity (Wildman–Crippen MR) is 84.8 cm³/mol. The van der Waals surface area contributed by atoms with Crippen molar-refractivity contribution in [2.45, 2.75) is 65.8 Å². The molecule has 1 heterocycles. The van der Waals surface area contributed by atoms with Crippen LogP contribution in [0.25, 0.3) is 0 Å². The Kier molecular flexibility index (Phi) is 5.25. The second-order valence-electron chi connectivity index (χ2n) is 6.44. The molecule has 3 atom stereocenters. The van der Waals surface area contributed by atoms with E-state index in [2.05, 4.69) is 45.2 Å². The lowest BCUT2D eigenvalue weighted by Gasteiger charge is -2.35. The first-order valence-electron chi connectivity index (χ1n) is 8.31. The molecule has 3 nitrogen and oxygen atoms in total. The van der Waals surface area contributed by atoms with Crippen LogP contribution >= 0.6 is 0 Å². The van der Waals surface area contributed by atoms with Gasteiger partial charge in [0.05, 0.1) is 5.69 Å². The molecule has 20 heavy (non-hydrogen) atoms. The number of nitrogens with one attached hydrogen (secondary N) is 1. The van der Waals surface area contributed by atoms with Crippen molar-refractivity contribution >= 4 is 0 Å². The Hall–Kier alpha value is -0.830. The minimum absolute atomic E-state index is 0.489. The van der Waals surface area contributed by atoms with E-state index in [1.807, 2.05) is 4.68 Å². The summed E-state index contributed by atoms with van der Waals surface area (Å²) in [5.74, 6) is 1.70. The Morgan fingerprint density at radius 3 is 2.60 bits per heavy atom. The quantitative estimate of drug-likeness (QED) is 0.884. The van der Waals surface area contributed by atoms with Crippen molar-refractivity contribution in [2.75, 3.05) is 6.54 Å². The zero-order valence-corrected chi connectivity index (χ0v) is 13.9. The SMILES string of the molecule is CCNC(c1c(C)nn(C)c1C)C1CCCC(CC)C1. The van der Waals surface area contributed by atoms with Gasteiger partial charge in [-0.3, -0.25) is 4.68 Å². The van der Waals surface area contributed by atoms with Crippen molar-refractivity contribution in [3.63, 3.8) is 0 Å². The fourth-order valence-corrected chi connectivity index (χ4v) is 3.97. The van der Waals surface area contributed by atoms with E-state index in [1.165, 1.54) is 49.1 Å². The zero-order valence-electron chi connectivity index (χ0n) is 13.9. The van der Waals surface area contributed by atoms with E-state index in [9.17, 15) is 0 Å². The van der Waals surface area contributed by atoms with Crippen molar-refractivity contribution in [3.8, 4) is 0 Å². The van der Waals surface area contributed by atoms with E-state index >= 15 is 0 Å². The van der Waals surface area contributed by atoms with E-state index in [-0.39, 0.29) is 0 Å². The van der Waals surface area contributed by atoms with Gasteiger partial charge >= 0.3 is 0 Å². The fraction of sp³-hybridized carbons (Fsp3) is 0.824. The highest BCUT2D eigenvalue weighted by molar-refractivity contribution is 5.29. The van der Waals surface area contributed by atoms with Crippen molar-refractivity contribution in [2.24, 2.45) is 18.9 Å². The standard InChI is InChI=1S/C17H31N3/c1-6-14-9-8-10-15(11-14)17(18-7-2)16-12(3)19-20(5)13(16)4/h14-15,17-18H,6-11H2,1-5H3. The van der Waals surface area contributed by atoms with Crippen LogP contribution in [0.15, 0.2) is 0 Å². The maximum Gasteiger partial charge on any atom is 0.0644 e. The Morgan fingerprint density at radius 2 is 2.05 bits per heavy atom. The van der Waals surface area contributed by atoms with Crippen molar-refractivity contribution < 1.29 is 0 Å². The number of aromatic nitrogens is 2. The first kappa shape index (κ1) is 15.6. The van der Waals surface area contributed by atoms with Gasteiger partial charge in [-0.25, -0.2) is 0 Å². The molecule has 2 rings (SSSR count). The molecule has 0 aromatic carbocycles. The number of hydrogen-bond acceptors (Lipinski definition) is 2. The molecule has 1 fully saturated rings. The summed E-state index contributed by atoms with van der Waals surface area (Å²) in [6.45, 7) is 9.96. The summed E-state index contributed by atoms with van der Waals surface area (Å²) in [4.78, 5) is 0. The van der Waals surface area contributed by atoms with Gasteiger partial charge in [-0.05, 0) is 45.1 Å². The highest BCUT2D eigenvalue weighted by atomic mass is 15.3. The summed E-state index contributed by atoms with van der Waals surface area (Å²) < 4.78 is 2.04. The minimum Gasteiger partial charge on any atom is -0.310 e. The second kappa shape index (κ2) is 6.75. The third-order valence-corrected chi connectivity index (χ3v) is 5.17. The molecule has 3 heteroatoms. The number of aryl methyl sites for hydroxylation is 2. The molecule has 0 amide bonds. The molecule has 1 aromatic rings. The van der Waals surface area contributed by atoms with E-state index in [1.54, 1.807) is 0 Å². The maximum atomic E-state index is 4.62. The molecular formula is C17H31N3. The molecule has 0 radical (unpaired) electrons. The molecule has 1 aliphatic rings. The highest BCUT2D eigenvalue weighted by Gasteiger charge is 2.31. The van der Waals surface area contributed by atoms with Crippen LogP contribution in [-0.4, -0.2) is 16.3 Å². The average molecular weight is 277 g/mol. The zero-order chi connectivity index (χ0) is 14.7. The third kappa shape index (κ3) is 3.08. The average Bonchev–Trinajstić information content (AvgIpc) is 2.70. The van der Waals surface area contributed by atoms with Gasteiger partial charge < -0.3 is 5.32 Å². The van der Waals surface area contributed by atoms with Crippen molar-refractivity contribution in [3.05, 3.63) is 17.0 Å². The molecular weight excluding hydrogens is 246 g/mol. The smallest absolute Gasteiger partial charge is 0.0644 e. The van der Waals surface area contributed by atoms with Gasteiger partial charge in [0.25, 0.3) is 0 Å². The highest BCUT2D eigenvalue weighted by Crippen LogP contribution is 2.39. The third-order valence-electron chi connectivity index (χ3n) is 5.17. The van der Waals surface area contributed by atoms with E-state index in [0.29, 0.717) is 6.04 Å². The van der Waals surface area contributed by atoms with Crippen LogP contribution in [0.1, 0.15) is 68.9 Å². The Labute approximate surface area is 124 Å². The number of hydrogen-bond donors (Lipinski definition) is 1. The molecule has 0 saturated heterocycles. The summed E-state index contributed by atoms with van der Waals surface area (Å²) in [7, 11) is 2.06. The molecule has 0 spiro atoms. The largest absolute Gasteiger partial charge is 0.310 e.